The van der Waals surface area contributed by atoms with Crippen molar-refractivity contribution >= 4 is 17.0 Å². The lowest BCUT2D eigenvalue weighted by Gasteiger charge is -2.27. The number of aromatic nitrogens is 2. The van der Waals surface area contributed by atoms with Crippen molar-refractivity contribution in [3.05, 3.63) is 63.6 Å². The summed E-state index contributed by atoms with van der Waals surface area (Å²) in [5, 5.41) is 2.17. The molecule has 1 aliphatic heterocycles. The lowest BCUT2D eigenvalue weighted by Crippen LogP contribution is -2.30. The van der Waals surface area contributed by atoms with Gasteiger partial charge in [0.15, 0.2) is 5.82 Å². The van der Waals surface area contributed by atoms with E-state index >= 15 is 0 Å². The molecule has 122 valence electrons. The standard InChI is InChI=1S/C19H20N4S/c1-13-7-9-24-18(13)12-23-8-6-17-15(11-23)10-21-19(22-17)14-2-4-16(20)5-3-14/h2-5,7,9-10H,6,8,11-12,20H2,1H3. The lowest BCUT2D eigenvalue weighted by atomic mass is 10.1. The monoisotopic (exact) mass is 336 g/mol. The van der Waals surface area contributed by atoms with Crippen LogP contribution in [0.1, 0.15) is 21.7 Å². The number of nitrogens with zero attached hydrogens (tertiary/aromatic N) is 3. The van der Waals surface area contributed by atoms with Crippen LogP contribution in [0, 0.1) is 6.92 Å². The number of aryl methyl sites for hydroxylation is 1. The van der Waals surface area contributed by atoms with Crippen molar-refractivity contribution in [3.8, 4) is 11.4 Å². The van der Waals surface area contributed by atoms with Crippen molar-refractivity contribution < 1.29 is 0 Å². The van der Waals surface area contributed by atoms with Crippen LogP contribution in [0.5, 0.6) is 0 Å². The fourth-order valence-corrected chi connectivity index (χ4v) is 4.00. The van der Waals surface area contributed by atoms with Crippen LogP contribution in [-0.4, -0.2) is 21.4 Å². The summed E-state index contributed by atoms with van der Waals surface area (Å²) >= 11 is 1.84. The summed E-state index contributed by atoms with van der Waals surface area (Å²) in [7, 11) is 0. The van der Waals surface area contributed by atoms with Crippen LogP contribution in [0.2, 0.25) is 0 Å². The van der Waals surface area contributed by atoms with Crippen LogP contribution in [0.25, 0.3) is 11.4 Å². The van der Waals surface area contributed by atoms with E-state index in [9.17, 15) is 0 Å². The first kappa shape index (κ1) is 15.3. The third kappa shape index (κ3) is 3.05. The summed E-state index contributed by atoms with van der Waals surface area (Å²) in [5.41, 5.74) is 11.3. The van der Waals surface area contributed by atoms with Crippen molar-refractivity contribution in [1.29, 1.82) is 0 Å². The highest BCUT2D eigenvalue weighted by Crippen LogP contribution is 2.24. The van der Waals surface area contributed by atoms with E-state index in [1.165, 1.54) is 21.7 Å². The number of nitrogens with two attached hydrogens (primary N) is 1. The fraction of sp³-hybridized carbons (Fsp3) is 0.263. The number of hydrogen-bond acceptors (Lipinski definition) is 5. The summed E-state index contributed by atoms with van der Waals surface area (Å²) in [6, 6.07) is 9.93. The van der Waals surface area contributed by atoms with Gasteiger partial charge in [-0.1, -0.05) is 0 Å². The molecule has 0 saturated heterocycles. The predicted molar refractivity (Wildman–Crippen MR) is 98.8 cm³/mol. The van der Waals surface area contributed by atoms with E-state index in [4.69, 9.17) is 10.7 Å². The molecule has 3 heterocycles. The summed E-state index contributed by atoms with van der Waals surface area (Å²) in [6.45, 7) is 5.17. The van der Waals surface area contributed by atoms with Gasteiger partial charge in [-0.3, -0.25) is 4.90 Å². The maximum Gasteiger partial charge on any atom is 0.159 e. The van der Waals surface area contributed by atoms with Crippen molar-refractivity contribution in [1.82, 2.24) is 14.9 Å². The summed E-state index contributed by atoms with van der Waals surface area (Å²) in [6.07, 6.45) is 2.96. The van der Waals surface area contributed by atoms with Gasteiger partial charge in [-0.15, -0.1) is 11.3 Å². The van der Waals surface area contributed by atoms with E-state index < -0.39 is 0 Å². The maximum atomic E-state index is 5.75. The Balaban J connectivity index is 1.53. The van der Waals surface area contributed by atoms with E-state index in [0.29, 0.717) is 0 Å². The topological polar surface area (TPSA) is 55.0 Å². The molecule has 5 heteroatoms. The largest absolute Gasteiger partial charge is 0.399 e. The van der Waals surface area contributed by atoms with Crippen LogP contribution < -0.4 is 5.73 Å². The molecule has 0 saturated carbocycles. The Hall–Kier alpha value is -2.24. The zero-order valence-corrected chi connectivity index (χ0v) is 14.5. The van der Waals surface area contributed by atoms with E-state index in [0.717, 1.165) is 43.1 Å². The summed E-state index contributed by atoms with van der Waals surface area (Å²) in [4.78, 5) is 13.3. The number of fused-ring (bicyclic) bond motifs is 1. The van der Waals surface area contributed by atoms with Crippen LogP contribution in [0.4, 0.5) is 5.69 Å². The molecular weight excluding hydrogens is 316 g/mol. The molecule has 1 aliphatic rings. The van der Waals surface area contributed by atoms with Gasteiger partial charge in [0.25, 0.3) is 0 Å². The van der Waals surface area contributed by atoms with Crippen LogP contribution in [0.3, 0.4) is 0 Å². The average molecular weight is 336 g/mol. The molecular formula is C19H20N4S. The summed E-state index contributed by atoms with van der Waals surface area (Å²) in [5.74, 6) is 0.788. The molecule has 24 heavy (non-hydrogen) atoms. The molecule has 0 spiro atoms. The predicted octanol–water partition coefficient (Wildman–Crippen LogP) is 3.65. The lowest BCUT2D eigenvalue weighted by molar-refractivity contribution is 0.244. The number of thiophene rings is 1. The molecule has 4 nitrogen and oxygen atoms in total. The molecule has 4 rings (SSSR count). The zero-order chi connectivity index (χ0) is 16.5. The Morgan fingerprint density at radius 3 is 2.79 bits per heavy atom. The SMILES string of the molecule is Cc1ccsc1CN1CCc2nc(-c3ccc(N)cc3)ncc2C1. The van der Waals surface area contributed by atoms with Gasteiger partial charge < -0.3 is 5.73 Å². The van der Waals surface area contributed by atoms with Gasteiger partial charge in [-0.25, -0.2) is 9.97 Å². The average Bonchev–Trinajstić information content (AvgIpc) is 3.00. The zero-order valence-electron chi connectivity index (χ0n) is 13.7. The third-order valence-corrected chi connectivity index (χ3v) is 5.53. The van der Waals surface area contributed by atoms with Gasteiger partial charge >= 0.3 is 0 Å². The number of hydrogen-bond donors (Lipinski definition) is 1. The van der Waals surface area contributed by atoms with E-state index in [1.54, 1.807) is 0 Å². The highest BCUT2D eigenvalue weighted by atomic mass is 32.1. The molecule has 2 N–H and O–H groups in total. The Morgan fingerprint density at radius 1 is 1.21 bits per heavy atom. The van der Waals surface area contributed by atoms with Gasteiger partial charge in [0, 0.05) is 53.9 Å². The Bertz CT molecular complexity index is 854. The number of rotatable bonds is 3. The van der Waals surface area contributed by atoms with E-state index in [1.807, 2.05) is 41.8 Å². The van der Waals surface area contributed by atoms with Gasteiger partial charge in [-0.05, 0) is 48.2 Å². The molecule has 0 amide bonds. The minimum Gasteiger partial charge on any atom is -0.399 e. The minimum atomic E-state index is 0.760. The Labute approximate surface area is 146 Å². The first-order valence-electron chi connectivity index (χ1n) is 8.15. The normalized spacial score (nSPS) is 14.5. The van der Waals surface area contributed by atoms with E-state index in [2.05, 4.69) is 28.3 Å². The van der Waals surface area contributed by atoms with Gasteiger partial charge in [0.2, 0.25) is 0 Å². The minimum absolute atomic E-state index is 0.760. The smallest absolute Gasteiger partial charge is 0.159 e. The third-order valence-electron chi connectivity index (χ3n) is 4.52. The molecule has 0 unspecified atom stereocenters. The van der Waals surface area contributed by atoms with Crippen molar-refractivity contribution in [2.75, 3.05) is 12.3 Å². The molecule has 0 bridgehead atoms. The highest BCUT2D eigenvalue weighted by Gasteiger charge is 2.19. The maximum absolute atomic E-state index is 5.75. The first-order valence-corrected chi connectivity index (χ1v) is 9.03. The molecule has 2 aromatic heterocycles. The Morgan fingerprint density at radius 2 is 2.04 bits per heavy atom. The second-order valence-electron chi connectivity index (χ2n) is 6.27. The molecule has 0 atom stereocenters. The molecule has 0 fully saturated rings. The van der Waals surface area contributed by atoms with Crippen LogP contribution in [0.15, 0.2) is 41.9 Å². The van der Waals surface area contributed by atoms with Gasteiger partial charge in [-0.2, -0.15) is 0 Å². The molecule has 1 aromatic carbocycles. The van der Waals surface area contributed by atoms with Gasteiger partial charge in [0.1, 0.15) is 0 Å². The van der Waals surface area contributed by atoms with Crippen molar-refractivity contribution in [2.45, 2.75) is 26.4 Å². The van der Waals surface area contributed by atoms with Crippen molar-refractivity contribution in [2.24, 2.45) is 0 Å². The molecule has 0 radical (unpaired) electrons. The summed E-state index contributed by atoms with van der Waals surface area (Å²) < 4.78 is 0. The van der Waals surface area contributed by atoms with E-state index in [-0.39, 0.29) is 0 Å². The second-order valence-corrected chi connectivity index (χ2v) is 7.28. The first-order chi connectivity index (χ1) is 11.7. The fourth-order valence-electron chi connectivity index (χ4n) is 3.05. The number of nitrogen functional groups attached to an aromatic ring is 1. The quantitative estimate of drug-likeness (QED) is 0.742. The van der Waals surface area contributed by atoms with Crippen LogP contribution >= 0.6 is 11.3 Å². The molecule has 3 aromatic rings. The number of benzene rings is 1. The second kappa shape index (κ2) is 6.34. The van der Waals surface area contributed by atoms with Crippen molar-refractivity contribution in [3.63, 3.8) is 0 Å². The number of anilines is 1. The van der Waals surface area contributed by atoms with Gasteiger partial charge in [0.05, 0.1) is 5.69 Å². The highest BCUT2D eigenvalue weighted by molar-refractivity contribution is 7.10. The Kier molecular flexibility index (Phi) is 4.04. The molecule has 0 aliphatic carbocycles. The van der Waals surface area contributed by atoms with Crippen LogP contribution in [-0.2, 0) is 19.5 Å².